The van der Waals surface area contributed by atoms with Crippen LogP contribution in [0, 0.1) is 0 Å². The molecule has 36 heavy (non-hydrogen) atoms. The second kappa shape index (κ2) is 11.8. The predicted molar refractivity (Wildman–Crippen MR) is 152 cm³/mol. The summed E-state index contributed by atoms with van der Waals surface area (Å²) in [6.07, 6.45) is 1.87. The smallest absolute Gasteiger partial charge is 0.344 e. The highest BCUT2D eigenvalue weighted by Crippen LogP contribution is 2.28. The highest BCUT2D eigenvalue weighted by molar-refractivity contribution is 8.03. The summed E-state index contributed by atoms with van der Waals surface area (Å²) in [5.41, 5.74) is 6.09. The van der Waals surface area contributed by atoms with Crippen LogP contribution in [0.3, 0.4) is 0 Å². The number of hydrogen-bond acceptors (Lipinski definition) is 4. The summed E-state index contributed by atoms with van der Waals surface area (Å²) in [4.78, 5) is 13.0. The highest BCUT2D eigenvalue weighted by atomic mass is 32.2. The average Bonchev–Trinajstić information content (AvgIpc) is 2.85. The zero-order valence-corrected chi connectivity index (χ0v) is 23.4. The second-order valence-corrected chi connectivity index (χ2v) is 12.1. The van der Waals surface area contributed by atoms with Crippen molar-refractivity contribution in [3.05, 3.63) is 106 Å². The van der Waals surface area contributed by atoms with Gasteiger partial charge in [0.05, 0.1) is 12.0 Å². The van der Waals surface area contributed by atoms with Crippen molar-refractivity contribution in [3.63, 3.8) is 0 Å². The fourth-order valence-corrected chi connectivity index (χ4v) is 4.54. The molecule has 0 radical (unpaired) electrons. The molecule has 0 unspecified atom stereocenters. The van der Waals surface area contributed by atoms with Gasteiger partial charge in [-0.15, -0.1) is 11.8 Å². The topological polar surface area (TPSA) is 35.5 Å². The monoisotopic (exact) mass is 502 g/mol. The first kappa shape index (κ1) is 27.6. The maximum atomic E-state index is 12.4. The van der Waals surface area contributed by atoms with E-state index in [2.05, 4.69) is 90.1 Å². The second-order valence-electron chi connectivity index (χ2n) is 11.0. The third-order valence-corrected chi connectivity index (χ3v) is 7.08. The molecule has 3 nitrogen and oxygen atoms in total. The lowest BCUT2D eigenvalue weighted by Crippen LogP contribution is -2.10. The Morgan fingerprint density at radius 2 is 1.25 bits per heavy atom. The van der Waals surface area contributed by atoms with Crippen LogP contribution in [0.1, 0.15) is 69.4 Å². The van der Waals surface area contributed by atoms with Gasteiger partial charge in [0.2, 0.25) is 0 Å². The predicted octanol–water partition coefficient (Wildman–Crippen LogP) is 8.31. The van der Waals surface area contributed by atoms with E-state index in [1.54, 1.807) is 0 Å². The van der Waals surface area contributed by atoms with E-state index in [1.807, 2.05) is 30.3 Å². The number of ether oxygens (including phenoxy) is 2. The summed E-state index contributed by atoms with van der Waals surface area (Å²) in [5, 5.41) is 0. The number of methoxy groups -OCH3 is 1. The SMILES string of the molecule is COC(=O)C(=Cc1ccc(OCc2ccc(C(C)(C)C)cc2)cc1)SCc1ccc(C(C)(C)C)cc1. The molecule has 0 spiro atoms. The normalized spacial score (nSPS) is 12.4. The molecule has 0 bridgehead atoms. The fraction of sp³-hybridized carbons (Fsp3) is 0.344. The summed E-state index contributed by atoms with van der Waals surface area (Å²) >= 11 is 1.49. The van der Waals surface area contributed by atoms with Gasteiger partial charge in [0.15, 0.2) is 0 Å². The lowest BCUT2D eigenvalue weighted by Gasteiger charge is -2.19. The molecule has 0 aliphatic rings. The zero-order valence-electron chi connectivity index (χ0n) is 22.6. The van der Waals surface area contributed by atoms with Crippen molar-refractivity contribution in [3.8, 4) is 5.75 Å². The first-order valence-corrected chi connectivity index (χ1v) is 13.3. The molecule has 0 aliphatic heterocycles. The van der Waals surface area contributed by atoms with Crippen LogP contribution in [0.15, 0.2) is 77.7 Å². The van der Waals surface area contributed by atoms with Crippen molar-refractivity contribution >= 4 is 23.8 Å². The third kappa shape index (κ3) is 8.03. The molecule has 0 aliphatic carbocycles. The van der Waals surface area contributed by atoms with Crippen LogP contribution in [0.25, 0.3) is 6.08 Å². The average molecular weight is 503 g/mol. The van der Waals surface area contributed by atoms with E-state index < -0.39 is 0 Å². The molecular weight excluding hydrogens is 464 g/mol. The molecule has 0 saturated heterocycles. The number of hydrogen-bond donors (Lipinski definition) is 0. The number of benzene rings is 3. The van der Waals surface area contributed by atoms with Crippen molar-refractivity contribution in [2.45, 2.75) is 64.7 Å². The lowest BCUT2D eigenvalue weighted by molar-refractivity contribution is -0.135. The van der Waals surface area contributed by atoms with E-state index in [1.165, 1.54) is 35.6 Å². The van der Waals surface area contributed by atoms with E-state index in [0.29, 0.717) is 17.3 Å². The minimum atomic E-state index is -0.328. The number of rotatable bonds is 8. The van der Waals surface area contributed by atoms with Gasteiger partial charge in [-0.3, -0.25) is 0 Å². The Hall–Kier alpha value is -2.98. The van der Waals surface area contributed by atoms with E-state index in [9.17, 15) is 4.79 Å². The van der Waals surface area contributed by atoms with Gasteiger partial charge in [-0.1, -0.05) is 102 Å². The Balaban J connectivity index is 1.62. The van der Waals surface area contributed by atoms with Crippen LogP contribution in [0.5, 0.6) is 5.75 Å². The van der Waals surface area contributed by atoms with Gasteiger partial charge in [0, 0.05) is 5.75 Å². The molecular formula is C32H38O3S. The first-order valence-electron chi connectivity index (χ1n) is 12.3. The van der Waals surface area contributed by atoms with E-state index >= 15 is 0 Å². The van der Waals surface area contributed by atoms with Crippen LogP contribution in [-0.4, -0.2) is 13.1 Å². The number of carbonyl (C=O) groups is 1. The Morgan fingerprint density at radius 1 is 0.750 bits per heavy atom. The highest BCUT2D eigenvalue weighted by Gasteiger charge is 2.15. The van der Waals surface area contributed by atoms with Gasteiger partial charge >= 0.3 is 5.97 Å². The summed E-state index contributed by atoms with van der Waals surface area (Å²) in [5.74, 6) is 1.16. The van der Waals surface area contributed by atoms with Crippen molar-refractivity contribution in [2.75, 3.05) is 7.11 Å². The summed E-state index contributed by atoms with van der Waals surface area (Å²) in [6, 6.07) is 24.9. The molecule has 0 fully saturated rings. The van der Waals surface area contributed by atoms with Gasteiger partial charge in [-0.25, -0.2) is 4.79 Å². The molecule has 0 atom stereocenters. The van der Waals surface area contributed by atoms with Gasteiger partial charge in [-0.05, 0) is 56.9 Å². The van der Waals surface area contributed by atoms with Gasteiger partial charge in [0.25, 0.3) is 0 Å². The van der Waals surface area contributed by atoms with Gasteiger partial charge in [0.1, 0.15) is 12.4 Å². The largest absolute Gasteiger partial charge is 0.489 e. The molecule has 0 amide bonds. The minimum Gasteiger partial charge on any atom is -0.489 e. The number of esters is 1. The molecule has 0 heterocycles. The summed E-state index contributed by atoms with van der Waals surface area (Å²) < 4.78 is 11.0. The Bertz CT molecular complexity index is 1160. The molecule has 3 rings (SSSR count). The quantitative estimate of drug-likeness (QED) is 0.229. The van der Waals surface area contributed by atoms with Crippen molar-refractivity contribution in [1.29, 1.82) is 0 Å². The maximum Gasteiger partial charge on any atom is 0.344 e. The van der Waals surface area contributed by atoms with Gasteiger partial charge in [-0.2, -0.15) is 0 Å². The van der Waals surface area contributed by atoms with Crippen LogP contribution in [-0.2, 0) is 32.7 Å². The molecule has 4 heteroatoms. The number of thioether (sulfide) groups is 1. The fourth-order valence-electron chi connectivity index (χ4n) is 3.60. The van der Waals surface area contributed by atoms with Crippen molar-refractivity contribution < 1.29 is 14.3 Å². The van der Waals surface area contributed by atoms with Crippen LogP contribution >= 0.6 is 11.8 Å². The van der Waals surface area contributed by atoms with Crippen LogP contribution in [0.2, 0.25) is 0 Å². The summed E-state index contributed by atoms with van der Waals surface area (Å²) in [6.45, 7) is 13.8. The Labute approximate surface area is 220 Å². The number of carbonyl (C=O) groups excluding carboxylic acids is 1. The molecule has 190 valence electrons. The lowest BCUT2D eigenvalue weighted by atomic mass is 9.87. The van der Waals surface area contributed by atoms with E-state index in [-0.39, 0.29) is 16.8 Å². The minimum absolute atomic E-state index is 0.121. The Kier molecular flexibility index (Phi) is 9.08. The van der Waals surface area contributed by atoms with Gasteiger partial charge < -0.3 is 9.47 Å². The molecule has 0 saturated carbocycles. The standard InChI is InChI=1S/C32H38O3S/c1-31(2,3)26-14-8-24(9-15-26)21-35-28-18-12-23(13-19-28)20-29(30(33)34-7)36-22-25-10-16-27(17-11-25)32(4,5)6/h8-20H,21-22H2,1-7H3. The molecule has 3 aromatic carbocycles. The van der Waals surface area contributed by atoms with Crippen LogP contribution in [0.4, 0.5) is 0 Å². The maximum absolute atomic E-state index is 12.4. The third-order valence-electron chi connectivity index (χ3n) is 6.00. The Morgan fingerprint density at radius 3 is 1.72 bits per heavy atom. The first-order chi connectivity index (χ1) is 17.0. The van der Waals surface area contributed by atoms with Crippen LogP contribution < -0.4 is 4.74 Å². The molecule has 3 aromatic rings. The molecule has 0 aromatic heterocycles. The zero-order chi connectivity index (χ0) is 26.3. The molecule has 0 N–H and O–H groups in total. The summed E-state index contributed by atoms with van der Waals surface area (Å²) in [7, 11) is 1.42. The van der Waals surface area contributed by atoms with Crippen molar-refractivity contribution in [1.82, 2.24) is 0 Å². The van der Waals surface area contributed by atoms with E-state index in [0.717, 1.165) is 16.9 Å². The van der Waals surface area contributed by atoms with Crippen molar-refractivity contribution in [2.24, 2.45) is 0 Å². The van der Waals surface area contributed by atoms with E-state index in [4.69, 9.17) is 9.47 Å².